The molecule has 0 bridgehead atoms. The second-order valence-electron chi connectivity index (χ2n) is 10.4. The summed E-state index contributed by atoms with van der Waals surface area (Å²) in [6, 6.07) is 6.68. The molecule has 9 heteroatoms. The molecule has 0 atom stereocenters. The van der Waals surface area contributed by atoms with E-state index in [4.69, 9.17) is 9.72 Å². The molecular formula is C28H41N7O2. The van der Waals surface area contributed by atoms with Gasteiger partial charge in [-0.15, -0.1) is 0 Å². The first-order valence-corrected chi connectivity index (χ1v) is 13.9. The second kappa shape index (κ2) is 12.1. The minimum Gasteiger partial charge on any atom is -0.379 e. The van der Waals surface area contributed by atoms with Crippen molar-refractivity contribution in [1.29, 1.82) is 0 Å². The molecule has 0 spiro atoms. The van der Waals surface area contributed by atoms with Gasteiger partial charge in [0.1, 0.15) is 5.82 Å². The van der Waals surface area contributed by atoms with Gasteiger partial charge in [0, 0.05) is 68.9 Å². The zero-order chi connectivity index (χ0) is 25.6. The summed E-state index contributed by atoms with van der Waals surface area (Å²) < 4.78 is 5.43. The number of aryl methyl sites for hydroxylation is 1. The van der Waals surface area contributed by atoms with Crippen LogP contribution in [0.3, 0.4) is 0 Å². The third kappa shape index (κ3) is 6.70. The van der Waals surface area contributed by atoms with Gasteiger partial charge < -0.3 is 30.1 Å². The summed E-state index contributed by atoms with van der Waals surface area (Å²) in [5, 5.41) is 7.03. The van der Waals surface area contributed by atoms with Gasteiger partial charge in [0.15, 0.2) is 0 Å². The van der Waals surface area contributed by atoms with Crippen LogP contribution in [0.1, 0.15) is 49.7 Å². The van der Waals surface area contributed by atoms with Crippen molar-refractivity contribution in [2.24, 2.45) is 0 Å². The number of amides is 1. The third-order valence-corrected chi connectivity index (χ3v) is 7.63. The molecule has 2 saturated heterocycles. The van der Waals surface area contributed by atoms with Gasteiger partial charge in [-0.05, 0) is 62.4 Å². The quantitative estimate of drug-likeness (QED) is 0.473. The van der Waals surface area contributed by atoms with Crippen LogP contribution in [0, 0.1) is 0 Å². The molecule has 3 heterocycles. The molecule has 0 unspecified atom stereocenters. The lowest BCUT2D eigenvalue weighted by Gasteiger charge is -2.34. The summed E-state index contributed by atoms with van der Waals surface area (Å²) in [6.07, 6.45) is 6.67. The molecule has 3 aliphatic rings. The Kier molecular flexibility index (Phi) is 8.41. The summed E-state index contributed by atoms with van der Waals surface area (Å²) in [6.45, 7) is 9.86. The highest BCUT2D eigenvalue weighted by molar-refractivity contribution is 5.76. The SMILES string of the molecule is CCc1cc(N2CCN(C)CC2)ccc1Nc1ncc(C2CC2)c(NCCCN2CCOCCC2=O)n1. The molecule has 1 aromatic heterocycles. The number of carbonyl (C=O) groups excluding carboxylic acids is 1. The molecule has 2 aromatic rings. The van der Waals surface area contributed by atoms with Crippen LogP contribution in [0.5, 0.6) is 0 Å². The van der Waals surface area contributed by atoms with Gasteiger partial charge in [-0.2, -0.15) is 4.98 Å². The Bertz CT molecular complexity index is 1070. The van der Waals surface area contributed by atoms with Crippen molar-refractivity contribution in [3.8, 4) is 0 Å². The summed E-state index contributed by atoms with van der Waals surface area (Å²) >= 11 is 0. The number of ether oxygens (including phenoxy) is 1. The van der Waals surface area contributed by atoms with Crippen molar-refractivity contribution < 1.29 is 9.53 Å². The average molecular weight is 508 g/mol. The van der Waals surface area contributed by atoms with Gasteiger partial charge in [-0.25, -0.2) is 4.98 Å². The van der Waals surface area contributed by atoms with Crippen LogP contribution in [0.15, 0.2) is 24.4 Å². The van der Waals surface area contributed by atoms with E-state index >= 15 is 0 Å². The van der Waals surface area contributed by atoms with Crippen molar-refractivity contribution in [3.63, 3.8) is 0 Å². The third-order valence-electron chi connectivity index (χ3n) is 7.63. The Balaban J connectivity index is 1.23. The van der Waals surface area contributed by atoms with E-state index in [1.807, 2.05) is 11.1 Å². The van der Waals surface area contributed by atoms with E-state index in [0.29, 0.717) is 38.0 Å². The Labute approximate surface area is 220 Å². The number of hydrogen-bond donors (Lipinski definition) is 2. The molecular weight excluding hydrogens is 466 g/mol. The Hall–Kier alpha value is -2.91. The molecule has 200 valence electrons. The number of piperazine rings is 1. The number of rotatable bonds is 10. The lowest BCUT2D eigenvalue weighted by molar-refractivity contribution is -0.130. The molecule has 1 saturated carbocycles. The predicted molar refractivity (Wildman–Crippen MR) is 148 cm³/mol. The molecule has 2 aliphatic heterocycles. The molecule has 0 radical (unpaired) electrons. The van der Waals surface area contributed by atoms with E-state index in [1.54, 1.807) is 0 Å². The number of nitrogens with zero attached hydrogens (tertiary/aromatic N) is 5. The van der Waals surface area contributed by atoms with Gasteiger partial charge in [-0.3, -0.25) is 4.79 Å². The Morgan fingerprint density at radius 1 is 1.11 bits per heavy atom. The van der Waals surface area contributed by atoms with Crippen molar-refractivity contribution >= 4 is 29.0 Å². The molecule has 1 aliphatic carbocycles. The second-order valence-corrected chi connectivity index (χ2v) is 10.4. The van der Waals surface area contributed by atoms with Gasteiger partial charge in [0.25, 0.3) is 0 Å². The fourth-order valence-corrected chi connectivity index (χ4v) is 5.09. The first-order chi connectivity index (χ1) is 18.1. The van der Waals surface area contributed by atoms with E-state index in [9.17, 15) is 4.79 Å². The number of nitrogens with one attached hydrogen (secondary N) is 2. The van der Waals surface area contributed by atoms with Gasteiger partial charge >= 0.3 is 0 Å². The number of benzene rings is 1. The van der Waals surface area contributed by atoms with Crippen LogP contribution < -0.4 is 15.5 Å². The topological polar surface area (TPSA) is 85.9 Å². The fraction of sp³-hybridized carbons (Fsp3) is 0.607. The lowest BCUT2D eigenvalue weighted by Crippen LogP contribution is -2.44. The maximum absolute atomic E-state index is 12.2. The normalized spacial score (nSPS) is 19.1. The number of likely N-dealkylation sites (N-methyl/N-ethyl adjacent to an activating group) is 1. The van der Waals surface area contributed by atoms with Crippen LogP contribution in [-0.4, -0.2) is 91.7 Å². The fourth-order valence-electron chi connectivity index (χ4n) is 5.09. The summed E-state index contributed by atoms with van der Waals surface area (Å²) in [5.41, 5.74) is 4.82. The zero-order valence-electron chi connectivity index (χ0n) is 22.3. The lowest BCUT2D eigenvalue weighted by atomic mass is 10.1. The van der Waals surface area contributed by atoms with Crippen molar-refractivity contribution in [2.75, 3.05) is 81.6 Å². The maximum Gasteiger partial charge on any atom is 0.229 e. The minimum absolute atomic E-state index is 0.190. The monoisotopic (exact) mass is 507 g/mol. The molecule has 37 heavy (non-hydrogen) atoms. The van der Waals surface area contributed by atoms with Gasteiger partial charge in [0.2, 0.25) is 11.9 Å². The Morgan fingerprint density at radius 2 is 1.95 bits per heavy atom. The smallest absolute Gasteiger partial charge is 0.229 e. The highest BCUT2D eigenvalue weighted by Crippen LogP contribution is 2.43. The van der Waals surface area contributed by atoms with Crippen LogP contribution in [-0.2, 0) is 16.0 Å². The van der Waals surface area contributed by atoms with Crippen LogP contribution >= 0.6 is 0 Å². The van der Waals surface area contributed by atoms with E-state index in [1.165, 1.54) is 29.7 Å². The van der Waals surface area contributed by atoms with E-state index in [0.717, 1.165) is 63.6 Å². The van der Waals surface area contributed by atoms with Gasteiger partial charge in [-0.1, -0.05) is 6.92 Å². The van der Waals surface area contributed by atoms with Crippen LogP contribution in [0.25, 0.3) is 0 Å². The van der Waals surface area contributed by atoms with Crippen molar-refractivity contribution in [1.82, 2.24) is 19.8 Å². The maximum atomic E-state index is 12.2. The highest BCUT2D eigenvalue weighted by Gasteiger charge is 2.28. The number of carbonyl (C=O) groups is 1. The largest absolute Gasteiger partial charge is 0.379 e. The van der Waals surface area contributed by atoms with Crippen molar-refractivity contribution in [2.45, 2.75) is 44.9 Å². The van der Waals surface area contributed by atoms with E-state index in [-0.39, 0.29) is 5.91 Å². The highest BCUT2D eigenvalue weighted by atomic mass is 16.5. The van der Waals surface area contributed by atoms with Gasteiger partial charge in [0.05, 0.1) is 19.6 Å². The number of aromatic nitrogens is 2. The average Bonchev–Trinajstić information content (AvgIpc) is 3.77. The molecule has 9 nitrogen and oxygen atoms in total. The minimum atomic E-state index is 0.190. The molecule has 1 aromatic carbocycles. The van der Waals surface area contributed by atoms with Crippen LogP contribution in [0.4, 0.5) is 23.1 Å². The molecule has 2 N–H and O–H groups in total. The summed E-state index contributed by atoms with van der Waals surface area (Å²) in [7, 11) is 2.19. The zero-order valence-corrected chi connectivity index (χ0v) is 22.3. The van der Waals surface area contributed by atoms with E-state index < -0.39 is 0 Å². The predicted octanol–water partition coefficient (Wildman–Crippen LogP) is 3.46. The summed E-state index contributed by atoms with van der Waals surface area (Å²) in [4.78, 5) is 28.5. The number of anilines is 4. The van der Waals surface area contributed by atoms with E-state index in [2.05, 4.69) is 57.6 Å². The molecule has 3 fully saturated rings. The standard InChI is InChI=1S/C28H41N7O2/c1-3-21-19-23(34-14-12-33(2)13-15-34)7-8-25(21)31-28-30-20-24(22-5-6-22)27(32-28)29-10-4-11-35-16-18-37-17-9-26(35)36/h7-8,19-20,22H,3-6,9-18H2,1-2H3,(H2,29,30,31,32). The Morgan fingerprint density at radius 3 is 2.73 bits per heavy atom. The first kappa shape index (κ1) is 25.7. The molecule has 1 amide bonds. The first-order valence-electron chi connectivity index (χ1n) is 13.9. The summed E-state index contributed by atoms with van der Waals surface area (Å²) in [5.74, 6) is 2.27. The molecule has 5 rings (SSSR count). The van der Waals surface area contributed by atoms with Crippen LogP contribution in [0.2, 0.25) is 0 Å². The number of hydrogen-bond acceptors (Lipinski definition) is 8. The van der Waals surface area contributed by atoms with Crippen molar-refractivity contribution in [3.05, 3.63) is 35.5 Å².